The molecule has 1 aliphatic rings. The third-order valence-electron chi connectivity index (χ3n) is 3.91. The summed E-state index contributed by atoms with van der Waals surface area (Å²) in [5.74, 6) is -0.536. The Kier molecular flexibility index (Phi) is 3.81. The highest BCUT2D eigenvalue weighted by molar-refractivity contribution is 7.15. The summed E-state index contributed by atoms with van der Waals surface area (Å²) in [5, 5.41) is 9.59. The second kappa shape index (κ2) is 5.69. The molecule has 2 N–H and O–H groups in total. The van der Waals surface area contributed by atoms with Crippen molar-refractivity contribution in [3.8, 4) is 16.5 Å². The fraction of sp³-hybridized carbons (Fsp3) is 0.250. The Morgan fingerprint density at radius 2 is 2.25 bits per heavy atom. The molecule has 8 heteroatoms. The van der Waals surface area contributed by atoms with Gasteiger partial charge < -0.3 is 5.73 Å². The van der Waals surface area contributed by atoms with Crippen LogP contribution in [0, 0.1) is 17.1 Å². The summed E-state index contributed by atoms with van der Waals surface area (Å²) in [4.78, 5) is 22.9. The van der Waals surface area contributed by atoms with Crippen LogP contribution >= 0.6 is 11.3 Å². The first-order chi connectivity index (χ1) is 11.3. The smallest absolute Gasteiger partial charge is 0.231 e. The number of thiazole rings is 1. The molecule has 0 bridgehead atoms. The zero-order valence-electron chi connectivity index (χ0n) is 13.1. The summed E-state index contributed by atoms with van der Waals surface area (Å²) in [5.41, 5.74) is 5.65. The highest BCUT2D eigenvalue weighted by Gasteiger charge is 2.38. The Hall–Kier alpha value is -2.79. The lowest BCUT2D eigenvalue weighted by molar-refractivity contribution is -0.128. The maximum Gasteiger partial charge on any atom is 0.231 e. The summed E-state index contributed by atoms with van der Waals surface area (Å²) in [6.45, 7) is 1.80. The molecular weight excluding hydrogens is 329 g/mol. The maximum atomic E-state index is 13.5. The van der Waals surface area contributed by atoms with Crippen molar-refractivity contribution in [3.05, 3.63) is 40.8 Å². The number of carbonyl (C=O) groups excluding carboxylic acids is 1. The second-order valence-electron chi connectivity index (χ2n) is 5.71. The summed E-state index contributed by atoms with van der Waals surface area (Å²) < 4.78 is 13.5. The molecular formula is C16H14FN5OS. The fourth-order valence-electron chi connectivity index (χ4n) is 2.45. The van der Waals surface area contributed by atoms with E-state index in [1.807, 2.05) is 6.07 Å². The van der Waals surface area contributed by atoms with Gasteiger partial charge in [0.05, 0.1) is 16.9 Å². The van der Waals surface area contributed by atoms with Gasteiger partial charge in [0.25, 0.3) is 0 Å². The van der Waals surface area contributed by atoms with Crippen LogP contribution in [0.1, 0.15) is 23.9 Å². The van der Waals surface area contributed by atoms with Gasteiger partial charge in [-0.05, 0) is 24.6 Å². The van der Waals surface area contributed by atoms with Crippen LogP contribution in [0.25, 0.3) is 10.4 Å². The minimum atomic E-state index is -0.825. The van der Waals surface area contributed by atoms with Crippen molar-refractivity contribution in [1.82, 2.24) is 9.88 Å². The molecule has 0 spiro atoms. The molecule has 0 fully saturated rings. The molecule has 1 aromatic heterocycles. The zero-order chi connectivity index (χ0) is 17.5. The predicted octanol–water partition coefficient (Wildman–Crippen LogP) is 2.21. The molecule has 0 aliphatic carbocycles. The van der Waals surface area contributed by atoms with Gasteiger partial charge in [0.2, 0.25) is 5.91 Å². The molecule has 0 unspecified atom stereocenters. The first kappa shape index (κ1) is 16.1. The first-order valence-electron chi connectivity index (χ1n) is 7.12. The topological polar surface area (TPSA) is 95.4 Å². The van der Waals surface area contributed by atoms with E-state index in [-0.39, 0.29) is 23.9 Å². The standard InChI is InChI=1S/C16H14FN5OS/c1-16(6-13(23)22(2)15(19)21-16)14-20-8-12(24-14)9-3-4-11(17)10(5-9)7-18/h3-5,8H,6H2,1-2H3,(H2,19,21)/t16-/m0/s1. The lowest BCUT2D eigenvalue weighted by Gasteiger charge is -2.31. The number of nitrogens with zero attached hydrogens (tertiary/aromatic N) is 4. The van der Waals surface area contributed by atoms with E-state index in [9.17, 15) is 9.18 Å². The van der Waals surface area contributed by atoms with Gasteiger partial charge in [-0.3, -0.25) is 9.69 Å². The average Bonchev–Trinajstić information content (AvgIpc) is 3.04. The molecule has 0 saturated heterocycles. The van der Waals surface area contributed by atoms with Gasteiger partial charge in [0.15, 0.2) is 5.96 Å². The number of aromatic nitrogens is 1. The molecule has 1 amide bonds. The minimum Gasteiger partial charge on any atom is -0.369 e. The number of hydrogen-bond acceptors (Lipinski definition) is 6. The number of guanidine groups is 1. The van der Waals surface area contributed by atoms with Crippen LogP contribution in [0.4, 0.5) is 4.39 Å². The number of nitrogens with two attached hydrogens (primary N) is 1. The Bertz CT molecular complexity index is 900. The molecule has 1 atom stereocenters. The van der Waals surface area contributed by atoms with E-state index in [0.29, 0.717) is 10.6 Å². The van der Waals surface area contributed by atoms with Crippen LogP contribution in [0.2, 0.25) is 0 Å². The van der Waals surface area contributed by atoms with E-state index in [1.165, 1.54) is 28.4 Å². The molecule has 2 heterocycles. The molecule has 1 aromatic carbocycles. The molecule has 0 saturated carbocycles. The summed E-state index contributed by atoms with van der Waals surface area (Å²) in [6.07, 6.45) is 1.80. The molecule has 2 aromatic rings. The number of halogens is 1. The van der Waals surface area contributed by atoms with Gasteiger partial charge in [0.1, 0.15) is 22.4 Å². The monoisotopic (exact) mass is 343 g/mol. The first-order valence-corrected chi connectivity index (χ1v) is 7.94. The highest BCUT2D eigenvalue weighted by Crippen LogP contribution is 2.38. The maximum absolute atomic E-state index is 13.5. The van der Waals surface area contributed by atoms with Crippen LogP contribution in [0.5, 0.6) is 0 Å². The number of rotatable bonds is 2. The fourth-order valence-corrected chi connectivity index (χ4v) is 3.45. The molecule has 24 heavy (non-hydrogen) atoms. The van der Waals surface area contributed by atoms with Crippen LogP contribution < -0.4 is 5.73 Å². The summed E-state index contributed by atoms with van der Waals surface area (Å²) in [7, 11) is 1.58. The lowest BCUT2D eigenvalue weighted by Crippen LogP contribution is -2.47. The summed E-state index contributed by atoms with van der Waals surface area (Å²) in [6, 6.07) is 6.14. The summed E-state index contributed by atoms with van der Waals surface area (Å²) >= 11 is 1.35. The SMILES string of the molecule is CN1C(=O)C[C@@](C)(c2ncc(-c3ccc(F)c(C#N)c3)s2)N=C1N. The molecule has 0 radical (unpaired) electrons. The molecule has 122 valence electrons. The van der Waals surface area contributed by atoms with Gasteiger partial charge in [-0.1, -0.05) is 6.07 Å². The van der Waals surface area contributed by atoms with Gasteiger partial charge in [0, 0.05) is 13.2 Å². The van der Waals surface area contributed by atoms with Gasteiger partial charge in [-0.2, -0.15) is 5.26 Å². The van der Waals surface area contributed by atoms with E-state index in [4.69, 9.17) is 11.0 Å². The number of aliphatic imine (C=N–C) groups is 1. The Labute approximate surface area is 142 Å². The molecule has 6 nitrogen and oxygen atoms in total. The Morgan fingerprint density at radius 3 is 2.92 bits per heavy atom. The van der Waals surface area contributed by atoms with Crippen LogP contribution in [0.3, 0.4) is 0 Å². The predicted molar refractivity (Wildman–Crippen MR) is 88.6 cm³/mol. The van der Waals surface area contributed by atoms with Crippen molar-refractivity contribution in [3.63, 3.8) is 0 Å². The van der Waals surface area contributed by atoms with Crippen molar-refractivity contribution in [2.75, 3.05) is 7.05 Å². The van der Waals surface area contributed by atoms with Crippen molar-refractivity contribution >= 4 is 23.2 Å². The van der Waals surface area contributed by atoms with Crippen LogP contribution in [0.15, 0.2) is 29.4 Å². The van der Waals surface area contributed by atoms with E-state index in [2.05, 4.69) is 9.98 Å². The normalized spacial score (nSPS) is 20.7. The third kappa shape index (κ3) is 2.63. The molecule has 1 aliphatic heterocycles. The Balaban J connectivity index is 2.00. The highest BCUT2D eigenvalue weighted by atomic mass is 32.1. The zero-order valence-corrected chi connectivity index (χ0v) is 13.9. The van der Waals surface area contributed by atoms with Gasteiger partial charge >= 0.3 is 0 Å². The van der Waals surface area contributed by atoms with Gasteiger partial charge in [-0.25, -0.2) is 14.4 Å². The van der Waals surface area contributed by atoms with Crippen LogP contribution in [-0.2, 0) is 10.3 Å². The van der Waals surface area contributed by atoms with Crippen molar-refractivity contribution in [1.29, 1.82) is 5.26 Å². The average molecular weight is 343 g/mol. The second-order valence-corrected chi connectivity index (χ2v) is 6.74. The van der Waals surface area contributed by atoms with Crippen molar-refractivity contribution < 1.29 is 9.18 Å². The van der Waals surface area contributed by atoms with Gasteiger partial charge in [-0.15, -0.1) is 11.3 Å². The third-order valence-corrected chi connectivity index (χ3v) is 5.21. The number of amides is 1. The molecule has 3 rings (SSSR count). The number of nitriles is 1. The quantitative estimate of drug-likeness (QED) is 0.904. The number of benzene rings is 1. The van der Waals surface area contributed by atoms with Crippen LogP contribution in [-0.4, -0.2) is 28.8 Å². The largest absolute Gasteiger partial charge is 0.369 e. The Morgan fingerprint density at radius 1 is 1.50 bits per heavy atom. The number of hydrogen-bond donors (Lipinski definition) is 1. The van der Waals surface area contributed by atoms with E-state index < -0.39 is 11.4 Å². The minimum absolute atomic E-state index is 0.0228. The number of carbonyl (C=O) groups is 1. The van der Waals surface area contributed by atoms with Crippen molar-refractivity contribution in [2.24, 2.45) is 10.7 Å². The van der Waals surface area contributed by atoms with Crippen molar-refractivity contribution in [2.45, 2.75) is 18.9 Å². The van der Waals surface area contributed by atoms with E-state index >= 15 is 0 Å². The van der Waals surface area contributed by atoms with E-state index in [1.54, 1.807) is 26.2 Å². The lowest BCUT2D eigenvalue weighted by atomic mass is 9.97. The van der Waals surface area contributed by atoms with E-state index in [0.717, 1.165) is 4.88 Å².